The third-order valence-corrected chi connectivity index (χ3v) is 5.27. The van der Waals surface area contributed by atoms with Gasteiger partial charge in [0, 0.05) is 29.5 Å². The molecule has 0 aliphatic carbocycles. The van der Waals surface area contributed by atoms with Crippen LogP contribution in [-0.4, -0.2) is 37.1 Å². The number of aromatic amines is 2. The number of nitrogens with zero attached hydrogens (tertiary/aromatic N) is 3. The number of hydrogen-bond acceptors (Lipinski definition) is 6. The van der Waals surface area contributed by atoms with Gasteiger partial charge in [0.2, 0.25) is 0 Å². The summed E-state index contributed by atoms with van der Waals surface area (Å²) in [6, 6.07) is 8.95. The molecule has 8 nitrogen and oxygen atoms in total. The van der Waals surface area contributed by atoms with Crippen LogP contribution in [0.2, 0.25) is 0 Å². The molecule has 3 rings (SSSR count). The number of aromatic nitrogens is 5. The first-order valence-electron chi connectivity index (χ1n) is 8.58. The highest BCUT2D eigenvalue weighted by atomic mass is 32.2. The first-order chi connectivity index (χ1) is 13.0. The summed E-state index contributed by atoms with van der Waals surface area (Å²) in [6.45, 7) is 4.25. The fourth-order valence-corrected chi connectivity index (χ4v) is 3.48. The maximum atomic E-state index is 11.6. The van der Waals surface area contributed by atoms with Crippen LogP contribution in [0.4, 0.5) is 0 Å². The Bertz CT molecular complexity index is 1010. The van der Waals surface area contributed by atoms with Crippen molar-refractivity contribution in [2.45, 2.75) is 37.1 Å². The zero-order valence-corrected chi connectivity index (χ0v) is 16.2. The largest absolute Gasteiger partial charge is 0.497 e. The molecule has 1 aromatic carbocycles. The first-order valence-corrected chi connectivity index (χ1v) is 9.46. The number of H-pyrrole nitrogens is 2. The van der Waals surface area contributed by atoms with Crippen LogP contribution in [0.3, 0.4) is 0 Å². The number of thioether (sulfide) groups is 1. The van der Waals surface area contributed by atoms with E-state index in [1.807, 2.05) is 28.8 Å². The van der Waals surface area contributed by atoms with Crippen LogP contribution in [-0.2, 0) is 6.42 Å². The highest BCUT2D eigenvalue weighted by Crippen LogP contribution is 2.28. The lowest BCUT2D eigenvalue weighted by molar-refractivity contribution is 0.414. The Hall–Kier alpha value is -2.81. The van der Waals surface area contributed by atoms with Gasteiger partial charge in [0.05, 0.1) is 12.8 Å². The quantitative estimate of drug-likeness (QED) is 0.602. The molecule has 0 unspecified atom stereocenters. The molecule has 3 aromatic rings. The van der Waals surface area contributed by atoms with Gasteiger partial charge in [0.1, 0.15) is 11.6 Å². The Morgan fingerprint density at radius 3 is 2.74 bits per heavy atom. The SMILES string of the molecule is CC[C@H](C)Sc1nnc(Cc2cc(=O)[nH]c(=O)[nH]2)n1-c1cccc(OC)c1. The van der Waals surface area contributed by atoms with E-state index in [0.29, 0.717) is 16.8 Å². The number of methoxy groups -OCH3 is 1. The van der Waals surface area contributed by atoms with Crippen molar-refractivity contribution in [1.82, 2.24) is 24.7 Å². The number of rotatable bonds is 7. The topological polar surface area (TPSA) is 106 Å². The fraction of sp³-hybridized carbons (Fsp3) is 0.333. The van der Waals surface area contributed by atoms with E-state index in [4.69, 9.17) is 4.74 Å². The third-order valence-electron chi connectivity index (χ3n) is 4.06. The van der Waals surface area contributed by atoms with E-state index in [9.17, 15) is 9.59 Å². The van der Waals surface area contributed by atoms with Crippen molar-refractivity contribution >= 4 is 11.8 Å². The molecular weight excluding hydrogens is 366 g/mol. The molecule has 0 bridgehead atoms. The minimum atomic E-state index is -0.542. The lowest BCUT2D eigenvalue weighted by Gasteiger charge is -2.13. The molecule has 2 aromatic heterocycles. The molecule has 0 aliphatic rings. The van der Waals surface area contributed by atoms with E-state index in [2.05, 4.69) is 34.0 Å². The van der Waals surface area contributed by atoms with Gasteiger partial charge in [-0.25, -0.2) is 4.79 Å². The van der Waals surface area contributed by atoms with Crippen LogP contribution in [0.15, 0.2) is 45.1 Å². The zero-order chi connectivity index (χ0) is 19.4. The Kier molecular flexibility index (Phi) is 5.80. The molecule has 0 aliphatic heterocycles. The van der Waals surface area contributed by atoms with Crippen molar-refractivity contribution < 1.29 is 4.74 Å². The van der Waals surface area contributed by atoms with Gasteiger partial charge in [-0.3, -0.25) is 14.3 Å². The van der Waals surface area contributed by atoms with Gasteiger partial charge < -0.3 is 9.72 Å². The second-order valence-corrected chi connectivity index (χ2v) is 7.47. The second-order valence-electron chi connectivity index (χ2n) is 6.06. The van der Waals surface area contributed by atoms with E-state index in [1.165, 1.54) is 6.07 Å². The highest BCUT2D eigenvalue weighted by Gasteiger charge is 2.18. The average Bonchev–Trinajstić information content (AvgIpc) is 3.02. The van der Waals surface area contributed by atoms with Gasteiger partial charge >= 0.3 is 5.69 Å². The molecule has 27 heavy (non-hydrogen) atoms. The minimum Gasteiger partial charge on any atom is -0.497 e. The molecule has 0 radical (unpaired) electrons. The van der Waals surface area contributed by atoms with E-state index in [-0.39, 0.29) is 6.42 Å². The summed E-state index contributed by atoms with van der Waals surface area (Å²) in [6.07, 6.45) is 1.26. The normalized spacial score (nSPS) is 12.1. The Balaban J connectivity index is 2.07. The van der Waals surface area contributed by atoms with Crippen LogP contribution in [0.5, 0.6) is 5.75 Å². The van der Waals surface area contributed by atoms with Crippen LogP contribution in [0.1, 0.15) is 31.8 Å². The molecule has 2 heterocycles. The fourth-order valence-electron chi connectivity index (χ4n) is 2.55. The zero-order valence-electron chi connectivity index (χ0n) is 15.4. The first kappa shape index (κ1) is 19.0. The van der Waals surface area contributed by atoms with Gasteiger partial charge in [-0.2, -0.15) is 0 Å². The predicted molar refractivity (Wildman–Crippen MR) is 104 cm³/mol. The predicted octanol–water partition coefficient (Wildman–Crippen LogP) is 2.13. The molecule has 0 spiro atoms. The summed E-state index contributed by atoms with van der Waals surface area (Å²) in [7, 11) is 1.61. The van der Waals surface area contributed by atoms with Crippen molar-refractivity contribution in [1.29, 1.82) is 0 Å². The smallest absolute Gasteiger partial charge is 0.325 e. The molecule has 1 atom stereocenters. The van der Waals surface area contributed by atoms with Crippen molar-refractivity contribution in [3.8, 4) is 11.4 Å². The maximum absolute atomic E-state index is 11.6. The maximum Gasteiger partial charge on any atom is 0.325 e. The molecule has 0 saturated carbocycles. The van der Waals surface area contributed by atoms with Gasteiger partial charge in [-0.05, 0) is 18.6 Å². The molecule has 0 amide bonds. The molecular formula is C18H21N5O3S. The molecule has 0 fully saturated rings. The van der Waals surface area contributed by atoms with Crippen molar-refractivity contribution in [3.05, 3.63) is 62.7 Å². The van der Waals surface area contributed by atoms with E-state index < -0.39 is 11.2 Å². The van der Waals surface area contributed by atoms with E-state index in [1.54, 1.807) is 18.9 Å². The molecule has 0 saturated heterocycles. The van der Waals surface area contributed by atoms with Crippen LogP contribution < -0.4 is 16.0 Å². The Morgan fingerprint density at radius 2 is 2.04 bits per heavy atom. The van der Waals surface area contributed by atoms with Crippen LogP contribution in [0, 0.1) is 0 Å². The summed E-state index contributed by atoms with van der Waals surface area (Å²) in [4.78, 5) is 27.9. The second kappa shape index (κ2) is 8.26. The van der Waals surface area contributed by atoms with Crippen molar-refractivity contribution in [2.75, 3.05) is 7.11 Å². The van der Waals surface area contributed by atoms with Crippen molar-refractivity contribution in [3.63, 3.8) is 0 Å². The Labute approximate surface area is 160 Å². The summed E-state index contributed by atoms with van der Waals surface area (Å²) in [5.41, 5.74) is 0.335. The van der Waals surface area contributed by atoms with Crippen LogP contribution in [0.25, 0.3) is 5.69 Å². The van der Waals surface area contributed by atoms with Gasteiger partial charge in [-0.1, -0.05) is 31.7 Å². The standard InChI is InChI=1S/C18H21N5O3S/c1-4-11(2)27-18-22-21-15(8-12-9-16(24)20-17(25)19-12)23(18)13-6-5-7-14(10-13)26-3/h5-7,9-11H,4,8H2,1-3H3,(H2,19,20,24,25)/t11-/m0/s1. The average molecular weight is 387 g/mol. The van der Waals surface area contributed by atoms with Gasteiger partial charge in [0.25, 0.3) is 5.56 Å². The van der Waals surface area contributed by atoms with Gasteiger partial charge in [-0.15, -0.1) is 10.2 Å². The molecule has 2 N–H and O–H groups in total. The number of ether oxygens (including phenoxy) is 1. The van der Waals surface area contributed by atoms with E-state index >= 15 is 0 Å². The summed E-state index contributed by atoms with van der Waals surface area (Å²) >= 11 is 1.62. The summed E-state index contributed by atoms with van der Waals surface area (Å²) in [5, 5.41) is 9.76. The monoisotopic (exact) mass is 387 g/mol. The lowest BCUT2D eigenvalue weighted by atomic mass is 10.2. The number of hydrogen-bond donors (Lipinski definition) is 2. The van der Waals surface area contributed by atoms with Gasteiger partial charge in [0.15, 0.2) is 5.16 Å². The molecule has 142 valence electrons. The summed E-state index contributed by atoms with van der Waals surface area (Å²) < 4.78 is 7.26. The Morgan fingerprint density at radius 1 is 1.22 bits per heavy atom. The summed E-state index contributed by atoms with van der Waals surface area (Å²) in [5.74, 6) is 1.34. The number of nitrogens with one attached hydrogen (secondary N) is 2. The third kappa shape index (κ3) is 4.48. The van der Waals surface area contributed by atoms with Crippen LogP contribution >= 0.6 is 11.8 Å². The van der Waals surface area contributed by atoms with E-state index in [0.717, 1.165) is 23.0 Å². The highest BCUT2D eigenvalue weighted by molar-refractivity contribution is 7.99. The number of benzene rings is 1. The van der Waals surface area contributed by atoms with Crippen molar-refractivity contribution in [2.24, 2.45) is 0 Å². The lowest BCUT2D eigenvalue weighted by Crippen LogP contribution is -2.23. The minimum absolute atomic E-state index is 0.268. The molecule has 9 heteroatoms.